The second kappa shape index (κ2) is 6.64. The summed E-state index contributed by atoms with van der Waals surface area (Å²) >= 11 is 0. The van der Waals surface area contributed by atoms with Gasteiger partial charge in [0.25, 0.3) is 0 Å². The highest BCUT2D eigenvalue weighted by Gasteiger charge is 2.15. The lowest BCUT2D eigenvalue weighted by atomic mass is 10.3. The van der Waals surface area contributed by atoms with Gasteiger partial charge in [-0.2, -0.15) is 0 Å². The van der Waals surface area contributed by atoms with Crippen molar-refractivity contribution in [3.8, 4) is 0 Å². The van der Waals surface area contributed by atoms with E-state index in [2.05, 4.69) is 6.92 Å². The van der Waals surface area contributed by atoms with Crippen LogP contribution in [-0.2, 0) is 4.57 Å². The third-order valence-corrected chi connectivity index (χ3v) is 3.85. The number of rotatable bonds is 7. The maximum absolute atomic E-state index is 11.3. The van der Waals surface area contributed by atoms with Crippen LogP contribution >= 0.6 is 7.37 Å². The predicted molar refractivity (Wildman–Crippen MR) is 52.8 cm³/mol. The van der Waals surface area contributed by atoms with Gasteiger partial charge in [0.15, 0.2) is 0 Å². The first kappa shape index (κ1) is 12.2. The molecular weight excluding hydrogens is 173 g/mol. The van der Waals surface area contributed by atoms with E-state index in [1.54, 1.807) is 0 Å². The molecule has 3 nitrogen and oxygen atoms in total. The Labute approximate surface area is 74.8 Å². The minimum absolute atomic E-state index is 0.396. The van der Waals surface area contributed by atoms with E-state index in [0.717, 1.165) is 19.3 Å². The summed E-state index contributed by atoms with van der Waals surface area (Å²) in [5.74, 6) is 0. The number of unbranched alkanes of at least 4 members (excludes halogenated alkanes) is 2. The molecule has 0 spiro atoms. The molecule has 0 bridgehead atoms. The van der Waals surface area contributed by atoms with Gasteiger partial charge in [-0.25, -0.2) is 0 Å². The molecule has 0 aromatic rings. The summed E-state index contributed by atoms with van der Waals surface area (Å²) in [5.41, 5.74) is 5.26. The molecule has 0 aliphatic rings. The third kappa shape index (κ3) is 6.84. The van der Waals surface area contributed by atoms with E-state index in [9.17, 15) is 9.46 Å². The minimum Gasteiger partial charge on any atom is -0.344 e. The zero-order valence-corrected chi connectivity index (χ0v) is 8.72. The van der Waals surface area contributed by atoms with Gasteiger partial charge >= 0.3 is 0 Å². The molecule has 0 heterocycles. The van der Waals surface area contributed by atoms with Gasteiger partial charge in [-0.15, -0.1) is 0 Å². The Balaban J connectivity index is 3.49. The monoisotopic (exact) mass is 193 g/mol. The maximum atomic E-state index is 11.3. The van der Waals surface area contributed by atoms with Crippen molar-refractivity contribution in [3.63, 3.8) is 0 Å². The van der Waals surface area contributed by atoms with Gasteiger partial charge in [0.2, 0.25) is 7.37 Å². The molecule has 0 aliphatic carbocycles. The Morgan fingerprint density at radius 1 is 1.25 bits per heavy atom. The number of nitrogens with two attached hydrogens (primary N) is 1. The zero-order chi connectivity index (χ0) is 9.45. The minimum atomic E-state index is -2.82. The SMILES string of the molecule is CCCCCP(=O)(O)CCCN. The Morgan fingerprint density at radius 3 is 2.33 bits per heavy atom. The van der Waals surface area contributed by atoms with Crippen molar-refractivity contribution < 1.29 is 9.46 Å². The van der Waals surface area contributed by atoms with Crippen molar-refractivity contribution in [2.45, 2.75) is 32.6 Å². The van der Waals surface area contributed by atoms with E-state index >= 15 is 0 Å². The summed E-state index contributed by atoms with van der Waals surface area (Å²) in [4.78, 5) is 9.37. The van der Waals surface area contributed by atoms with E-state index in [1.807, 2.05) is 0 Å². The van der Waals surface area contributed by atoms with E-state index in [0.29, 0.717) is 25.3 Å². The van der Waals surface area contributed by atoms with Crippen LogP contribution in [0.3, 0.4) is 0 Å². The van der Waals surface area contributed by atoms with Crippen molar-refractivity contribution in [1.82, 2.24) is 0 Å². The van der Waals surface area contributed by atoms with Crippen LogP contribution in [0.5, 0.6) is 0 Å². The zero-order valence-electron chi connectivity index (χ0n) is 7.83. The second-order valence-corrected chi connectivity index (χ2v) is 5.73. The van der Waals surface area contributed by atoms with E-state index < -0.39 is 7.37 Å². The van der Waals surface area contributed by atoms with Crippen molar-refractivity contribution in [1.29, 1.82) is 0 Å². The van der Waals surface area contributed by atoms with Crippen molar-refractivity contribution >= 4 is 7.37 Å². The van der Waals surface area contributed by atoms with Crippen molar-refractivity contribution in [3.05, 3.63) is 0 Å². The molecule has 4 heteroatoms. The maximum Gasteiger partial charge on any atom is 0.200 e. The fourth-order valence-electron chi connectivity index (χ4n) is 1.06. The van der Waals surface area contributed by atoms with Crippen LogP contribution < -0.4 is 5.73 Å². The van der Waals surface area contributed by atoms with Crippen LogP contribution in [-0.4, -0.2) is 23.8 Å². The molecule has 1 atom stereocenters. The van der Waals surface area contributed by atoms with Gasteiger partial charge in [-0.05, 0) is 19.4 Å². The second-order valence-electron chi connectivity index (χ2n) is 3.14. The van der Waals surface area contributed by atoms with Gasteiger partial charge in [0, 0.05) is 12.3 Å². The summed E-state index contributed by atoms with van der Waals surface area (Å²) in [5, 5.41) is 0. The Bertz CT molecular complexity index is 150. The number of hydrogen-bond acceptors (Lipinski definition) is 2. The Morgan fingerprint density at radius 2 is 1.83 bits per heavy atom. The summed E-state index contributed by atoms with van der Waals surface area (Å²) in [6.07, 6.45) is 4.55. The molecule has 0 aromatic carbocycles. The molecular formula is C8H20NO2P. The smallest absolute Gasteiger partial charge is 0.200 e. The van der Waals surface area contributed by atoms with Gasteiger partial charge in [0.05, 0.1) is 0 Å². The highest BCUT2D eigenvalue weighted by atomic mass is 31.2. The average molecular weight is 193 g/mol. The van der Waals surface area contributed by atoms with Gasteiger partial charge < -0.3 is 10.6 Å². The fraction of sp³-hybridized carbons (Fsp3) is 1.00. The molecule has 0 amide bonds. The first-order valence-corrected chi connectivity index (χ1v) is 6.66. The molecule has 0 rings (SSSR count). The third-order valence-electron chi connectivity index (χ3n) is 1.82. The van der Waals surface area contributed by atoms with Gasteiger partial charge in [0.1, 0.15) is 0 Å². The van der Waals surface area contributed by atoms with Crippen LogP contribution in [0.15, 0.2) is 0 Å². The molecule has 74 valence electrons. The van der Waals surface area contributed by atoms with Crippen molar-refractivity contribution in [2.75, 3.05) is 18.9 Å². The Kier molecular flexibility index (Phi) is 6.73. The van der Waals surface area contributed by atoms with E-state index in [-0.39, 0.29) is 0 Å². The summed E-state index contributed by atoms with van der Waals surface area (Å²) in [6, 6.07) is 0. The molecule has 0 aliphatic heterocycles. The Hall–Kier alpha value is 0.150. The van der Waals surface area contributed by atoms with E-state index in [1.165, 1.54) is 0 Å². The van der Waals surface area contributed by atoms with Crippen molar-refractivity contribution in [2.24, 2.45) is 5.73 Å². The lowest BCUT2D eigenvalue weighted by Gasteiger charge is -2.09. The standard InChI is InChI=1S/C8H20NO2P/c1-2-3-4-7-12(10,11)8-5-6-9/h2-9H2,1H3,(H,10,11). The highest BCUT2D eigenvalue weighted by Crippen LogP contribution is 2.41. The molecule has 3 N–H and O–H groups in total. The molecule has 0 saturated heterocycles. The average Bonchev–Trinajstić information content (AvgIpc) is 2.01. The first-order valence-electron chi connectivity index (χ1n) is 4.63. The molecule has 12 heavy (non-hydrogen) atoms. The largest absolute Gasteiger partial charge is 0.344 e. The van der Waals surface area contributed by atoms with Crippen LogP contribution in [0.2, 0.25) is 0 Å². The highest BCUT2D eigenvalue weighted by molar-refractivity contribution is 7.57. The van der Waals surface area contributed by atoms with Crippen LogP contribution in [0.25, 0.3) is 0 Å². The van der Waals surface area contributed by atoms with Gasteiger partial charge in [-0.3, -0.25) is 4.57 Å². The normalized spacial score (nSPS) is 15.9. The fourth-order valence-corrected chi connectivity index (χ4v) is 2.68. The lowest BCUT2D eigenvalue weighted by molar-refractivity contribution is 0.473. The molecule has 1 unspecified atom stereocenters. The quantitative estimate of drug-likeness (QED) is 0.478. The van der Waals surface area contributed by atoms with E-state index in [4.69, 9.17) is 5.73 Å². The van der Waals surface area contributed by atoms with Crippen LogP contribution in [0, 0.1) is 0 Å². The summed E-state index contributed by atoms with van der Waals surface area (Å²) in [7, 11) is -2.82. The molecule has 0 fully saturated rings. The van der Waals surface area contributed by atoms with Gasteiger partial charge in [-0.1, -0.05) is 19.8 Å². The topological polar surface area (TPSA) is 63.3 Å². The van der Waals surface area contributed by atoms with Crippen LogP contribution in [0.1, 0.15) is 32.6 Å². The summed E-state index contributed by atoms with van der Waals surface area (Å²) < 4.78 is 11.3. The summed E-state index contributed by atoms with van der Waals surface area (Å²) in [6.45, 7) is 2.60. The predicted octanol–water partition coefficient (Wildman–Crippen LogP) is 1.80. The molecule has 0 saturated carbocycles. The number of hydrogen-bond donors (Lipinski definition) is 2. The van der Waals surface area contributed by atoms with Crippen LogP contribution in [0.4, 0.5) is 0 Å². The lowest BCUT2D eigenvalue weighted by Crippen LogP contribution is -2.03. The molecule has 0 aromatic heterocycles. The molecule has 0 radical (unpaired) electrons. The first-order chi connectivity index (χ1) is 5.62.